The summed E-state index contributed by atoms with van der Waals surface area (Å²) in [5, 5.41) is 19.4. The molecule has 1 amide bonds. The van der Waals surface area contributed by atoms with Gasteiger partial charge in [-0.05, 0) is 25.3 Å². The van der Waals surface area contributed by atoms with Crippen LogP contribution in [0.15, 0.2) is 24.3 Å². The monoisotopic (exact) mass is 289 g/mol. The van der Waals surface area contributed by atoms with Gasteiger partial charge in [0, 0.05) is 23.4 Å². The first-order valence-electron chi connectivity index (χ1n) is 6.93. The molecule has 3 rings (SSSR count). The second-order valence-electron chi connectivity index (χ2n) is 5.13. The number of hydrogen-bond donors (Lipinski definition) is 3. The van der Waals surface area contributed by atoms with Crippen LogP contribution in [0.4, 0.5) is 4.39 Å². The lowest BCUT2D eigenvalue weighted by molar-refractivity contribution is 0.0908. The fourth-order valence-electron chi connectivity index (χ4n) is 2.64. The molecule has 0 saturated heterocycles. The molecule has 0 spiro atoms. The second kappa shape index (κ2) is 5.65. The molecule has 0 aliphatic heterocycles. The Kier molecular flexibility index (Phi) is 3.70. The number of H-pyrrole nitrogens is 1. The molecule has 0 bridgehead atoms. The van der Waals surface area contributed by atoms with Crippen molar-refractivity contribution < 1.29 is 14.3 Å². The van der Waals surface area contributed by atoms with E-state index in [2.05, 4.69) is 15.5 Å². The van der Waals surface area contributed by atoms with Crippen LogP contribution in [0, 0.1) is 5.82 Å². The molecule has 1 aromatic carbocycles. The fraction of sp³-hybridized carbons (Fsp3) is 0.333. The minimum Gasteiger partial charge on any atom is -0.386 e. The Hall–Kier alpha value is -2.21. The minimum absolute atomic E-state index is 0.0542. The molecule has 0 saturated carbocycles. The lowest BCUT2D eigenvalue weighted by Crippen LogP contribution is -2.29. The van der Waals surface area contributed by atoms with E-state index >= 15 is 0 Å². The van der Waals surface area contributed by atoms with Gasteiger partial charge < -0.3 is 10.4 Å². The lowest BCUT2D eigenvalue weighted by atomic mass is 10.1. The number of aliphatic hydroxyl groups is 1. The van der Waals surface area contributed by atoms with Crippen molar-refractivity contribution in [2.24, 2.45) is 0 Å². The number of aromatic amines is 1. The number of benzene rings is 1. The molecule has 2 aromatic rings. The summed E-state index contributed by atoms with van der Waals surface area (Å²) in [6.45, 7) is -0.0542. The number of rotatable bonds is 4. The van der Waals surface area contributed by atoms with Gasteiger partial charge >= 0.3 is 0 Å². The third-order valence-electron chi connectivity index (χ3n) is 3.74. The van der Waals surface area contributed by atoms with Crippen LogP contribution >= 0.6 is 0 Å². The Labute approximate surface area is 121 Å². The van der Waals surface area contributed by atoms with Crippen LogP contribution in [-0.2, 0) is 12.8 Å². The zero-order valence-electron chi connectivity index (χ0n) is 11.4. The summed E-state index contributed by atoms with van der Waals surface area (Å²) in [6, 6.07) is 5.97. The summed E-state index contributed by atoms with van der Waals surface area (Å²) >= 11 is 0. The molecule has 1 aliphatic rings. The second-order valence-corrected chi connectivity index (χ2v) is 5.13. The number of carbonyl (C=O) groups excluding carboxylic acids is 1. The summed E-state index contributed by atoms with van der Waals surface area (Å²) < 4.78 is 13.5. The van der Waals surface area contributed by atoms with E-state index in [1.54, 1.807) is 12.1 Å². The van der Waals surface area contributed by atoms with Crippen LogP contribution in [0.25, 0.3) is 0 Å². The molecule has 1 heterocycles. The maximum atomic E-state index is 13.5. The summed E-state index contributed by atoms with van der Waals surface area (Å²) in [7, 11) is 0. The molecule has 5 nitrogen and oxygen atoms in total. The first-order chi connectivity index (χ1) is 10.2. The third kappa shape index (κ3) is 2.67. The smallest absolute Gasteiger partial charge is 0.272 e. The highest BCUT2D eigenvalue weighted by Gasteiger charge is 2.23. The van der Waals surface area contributed by atoms with Crippen LogP contribution in [0.2, 0.25) is 0 Å². The Bertz CT molecular complexity index is 669. The van der Waals surface area contributed by atoms with Crippen molar-refractivity contribution in [2.75, 3.05) is 6.54 Å². The van der Waals surface area contributed by atoms with Gasteiger partial charge in [-0.15, -0.1) is 0 Å². The normalized spacial score (nSPS) is 14.8. The molecule has 0 radical (unpaired) electrons. The highest BCUT2D eigenvalue weighted by atomic mass is 19.1. The maximum absolute atomic E-state index is 13.5. The predicted molar refractivity (Wildman–Crippen MR) is 74.3 cm³/mol. The van der Waals surface area contributed by atoms with E-state index in [1.165, 1.54) is 12.1 Å². The predicted octanol–water partition coefficient (Wildman–Crippen LogP) is 1.50. The van der Waals surface area contributed by atoms with Crippen LogP contribution in [0.3, 0.4) is 0 Å². The SMILES string of the molecule is O=C(NCC(O)c1ccccc1F)c1n[nH]c2c1CCC2. The molecule has 1 aromatic heterocycles. The Morgan fingerprint density at radius 2 is 2.24 bits per heavy atom. The molecule has 0 fully saturated rings. The average Bonchev–Trinajstić information content (AvgIpc) is 3.07. The Morgan fingerprint density at radius 3 is 3.05 bits per heavy atom. The molecule has 6 heteroatoms. The van der Waals surface area contributed by atoms with Gasteiger partial charge in [0.15, 0.2) is 5.69 Å². The zero-order valence-corrected chi connectivity index (χ0v) is 11.4. The van der Waals surface area contributed by atoms with E-state index in [9.17, 15) is 14.3 Å². The van der Waals surface area contributed by atoms with Crippen molar-refractivity contribution in [3.05, 3.63) is 52.6 Å². The number of carbonyl (C=O) groups is 1. The molecule has 1 aliphatic carbocycles. The number of aliphatic hydroxyl groups excluding tert-OH is 1. The van der Waals surface area contributed by atoms with Gasteiger partial charge in [-0.25, -0.2) is 4.39 Å². The lowest BCUT2D eigenvalue weighted by Gasteiger charge is -2.12. The topological polar surface area (TPSA) is 78.0 Å². The van der Waals surface area contributed by atoms with Crippen LogP contribution < -0.4 is 5.32 Å². The largest absolute Gasteiger partial charge is 0.386 e. The van der Waals surface area contributed by atoms with Gasteiger partial charge in [0.2, 0.25) is 0 Å². The molecule has 21 heavy (non-hydrogen) atoms. The number of halogens is 1. The fourth-order valence-corrected chi connectivity index (χ4v) is 2.64. The van der Waals surface area contributed by atoms with Gasteiger partial charge in [0.1, 0.15) is 5.82 Å². The number of aryl methyl sites for hydroxylation is 1. The number of nitrogens with zero attached hydrogens (tertiary/aromatic N) is 1. The summed E-state index contributed by atoms with van der Waals surface area (Å²) in [4.78, 5) is 12.1. The average molecular weight is 289 g/mol. The highest BCUT2D eigenvalue weighted by Crippen LogP contribution is 2.22. The van der Waals surface area contributed by atoms with Gasteiger partial charge in [0.05, 0.1) is 6.10 Å². The summed E-state index contributed by atoms with van der Waals surface area (Å²) in [5.74, 6) is -0.829. The third-order valence-corrected chi connectivity index (χ3v) is 3.74. The number of fused-ring (bicyclic) bond motifs is 1. The summed E-state index contributed by atoms with van der Waals surface area (Å²) in [6.07, 6.45) is 1.68. The minimum atomic E-state index is -1.08. The van der Waals surface area contributed by atoms with Gasteiger partial charge in [-0.1, -0.05) is 18.2 Å². The molecule has 1 unspecified atom stereocenters. The number of nitrogens with one attached hydrogen (secondary N) is 2. The summed E-state index contributed by atoms with van der Waals surface area (Å²) in [5.41, 5.74) is 2.51. The quantitative estimate of drug-likeness (QED) is 0.798. The van der Waals surface area contributed by atoms with E-state index < -0.39 is 11.9 Å². The molecule has 1 atom stereocenters. The number of hydrogen-bond acceptors (Lipinski definition) is 3. The molecule has 3 N–H and O–H groups in total. The highest BCUT2D eigenvalue weighted by molar-refractivity contribution is 5.94. The first-order valence-corrected chi connectivity index (χ1v) is 6.93. The maximum Gasteiger partial charge on any atom is 0.272 e. The van der Waals surface area contributed by atoms with E-state index in [0.717, 1.165) is 30.5 Å². The van der Waals surface area contributed by atoms with Crippen LogP contribution in [0.5, 0.6) is 0 Å². The number of aromatic nitrogens is 2. The van der Waals surface area contributed by atoms with Crippen molar-refractivity contribution in [1.29, 1.82) is 0 Å². The molecular weight excluding hydrogens is 273 g/mol. The first kappa shape index (κ1) is 13.8. The van der Waals surface area contributed by atoms with Crippen LogP contribution in [0.1, 0.15) is 39.8 Å². The zero-order chi connectivity index (χ0) is 14.8. The molecule has 110 valence electrons. The van der Waals surface area contributed by atoms with Crippen LogP contribution in [-0.4, -0.2) is 27.8 Å². The number of amides is 1. The molecular formula is C15H16FN3O2. The van der Waals surface area contributed by atoms with Crippen molar-refractivity contribution in [1.82, 2.24) is 15.5 Å². The van der Waals surface area contributed by atoms with Crippen molar-refractivity contribution in [3.63, 3.8) is 0 Å². The van der Waals surface area contributed by atoms with Crippen molar-refractivity contribution in [2.45, 2.75) is 25.4 Å². The van der Waals surface area contributed by atoms with E-state index in [4.69, 9.17) is 0 Å². The van der Waals surface area contributed by atoms with Crippen molar-refractivity contribution >= 4 is 5.91 Å². The van der Waals surface area contributed by atoms with Gasteiger partial charge in [0.25, 0.3) is 5.91 Å². The van der Waals surface area contributed by atoms with Crippen molar-refractivity contribution in [3.8, 4) is 0 Å². The standard InChI is InChI=1S/C15H16FN3O2/c16-11-6-2-1-4-9(11)13(20)8-17-15(21)14-10-5-3-7-12(10)18-19-14/h1-2,4,6,13,20H,3,5,7-8H2,(H,17,21)(H,18,19). The Morgan fingerprint density at radius 1 is 1.43 bits per heavy atom. The Balaban J connectivity index is 1.65. The van der Waals surface area contributed by atoms with Gasteiger partial charge in [-0.2, -0.15) is 5.10 Å². The van der Waals surface area contributed by atoms with Gasteiger partial charge in [-0.3, -0.25) is 9.89 Å². The van der Waals surface area contributed by atoms with E-state index in [0.29, 0.717) is 5.69 Å². The van der Waals surface area contributed by atoms with E-state index in [1.807, 2.05) is 0 Å². The van der Waals surface area contributed by atoms with E-state index in [-0.39, 0.29) is 18.0 Å².